The Kier molecular flexibility index (Phi) is 6.68. The Morgan fingerprint density at radius 3 is 2.34 bits per heavy atom. The average Bonchev–Trinajstić information content (AvgIpc) is 3.08. The molecule has 4 rings (SSSR count). The van der Waals surface area contributed by atoms with E-state index in [0.29, 0.717) is 34.2 Å². The van der Waals surface area contributed by atoms with Crippen molar-refractivity contribution in [3.8, 4) is 0 Å². The van der Waals surface area contributed by atoms with Gasteiger partial charge in [-0.1, -0.05) is 48.5 Å². The lowest BCUT2D eigenvalue weighted by Gasteiger charge is -2.64. The second-order valence-corrected chi connectivity index (χ2v) is 14.6. The maximum Gasteiger partial charge on any atom is 0.0648 e. The van der Waals surface area contributed by atoms with E-state index in [1.165, 1.54) is 51.4 Å². The SMILES string of the molecule is CC[C@]1(O)CC[C@@]2(C)[C@@H](CC[C@@H]3[C@@H]2[C@H](OC)C[C@]2(C)[C@@H]([C@H](C)CCC(C)(C)C)CC[C@@H]32)C1. The molecule has 4 aliphatic carbocycles. The van der Waals surface area contributed by atoms with E-state index in [9.17, 15) is 5.11 Å². The van der Waals surface area contributed by atoms with E-state index in [0.717, 1.165) is 42.9 Å². The van der Waals surface area contributed by atoms with Crippen molar-refractivity contribution in [2.75, 3.05) is 7.11 Å². The number of methoxy groups -OCH3 is 1. The molecular formula is C30H54O2. The van der Waals surface area contributed by atoms with Gasteiger partial charge in [-0.25, -0.2) is 0 Å². The fourth-order valence-electron chi connectivity index (χ4n) is 9.79. The van der Waals surface area contributed by atoms with Gasteiger partial charge < -0.3 is 9.84 Å². The minimum atomic E-state index is -0.413. The number of hydrogen-bond donors (Lipinski definition) is 1. The summed E-state index contributed by atoms with van der Waals surface area (Å²) in [6, 6.07) is 0. The zero-order valence-corrected chi connectivity index (χ0v) is 22.7. The summed E-state index contributed by atoms with van der Waals surface area (Å²) in [5.41, 5.74) is 0.821. The Morgan fingerprint density at radius 2 is 1.72 bits per heavy atom. The fraction of sp³-hybridized carbons (Fsp3) is 1.00. The van der Waals surface area contributed by atoms with Crippen molar-refractivity contribution in [2.45, 2.75) is 131 Å². The lowest BCUT2D eigenvalue weighted by atomic mass is 9.42. The van der Waals surface area contributed by atoms with Gasteiger partial charge in [-0.3, -0.25) is 0 Å². The van der Waals surface area contributed by atoms with E-state index in [1.807, 2.05) is 7.11 Å². The van der Waals surface area contributed by atoms with Crippen LogP contribution in [-0.4, -0.2) is 23.9 Å². The van der Waals surface area contributed by atoms with Crippen LogP contribution in [0.3, 0.4) is 0 Å². The molecule has 0 bridgehead atoms. The van der Waals surface area contributed by atoms with Crippen LogP contribution < -0.4 is 0 Å². The van der Waals surface area contributed by atoms with Crippen LogP contribution >= 0.6 is 0 Å². The molecule has 0 aromatic rings. The molecule has 10 atom stereocenters. The number of aliphatic hydroxyl groups is 1. The summed E-state index contributed by atoms with van der Waals surface area (Å²) in [7, 11) is 2.00. The van der Waals surface area contributed by atoms with Gasteiger partial charge in [-0.15, -0.1) is 0 Å². The van der Waals surface area contributed by atoms with Gasteiger partial charge in [0.25, 0.3) is 0 Å². The summed E-state index contributed by atoms with van der Waals surface area (Å²) in [5.74, 6) is 4.75. The molecule has 0 aromatic heterocycles. The molecule has 0 radical (unpaired) electrons. The van der Waals surface area contributed by atoms with E-state index in [4.69, 9.17) is 4.74 Å². The van der Waals surface area contributed by atoms with Crippen molar-refractivity contribution in [1.29, 1.82) is 0 Å². The molecular weight excluding hydrogens is 392 g/mol. The molecule has 0 heterocycles. The minimum absolute atomic E-state index is 0.349. The van der Waals surface area contributed by atoms with Crippen LogP contribution in [0.5, 0.6) is 0 Å². The summed E-state index contributed by atoms with van der Waals surface area (Å²) in [5, 5.41) is 11.1. The lowest BCUT2D eigenvalue weighted by molar-refractivity contribution is -0.199. The predicted molar refractivity (Wildman–Crippen MR) is 134 cm³/mol. The standard InChI is InChI=1S/C30H54O2/c1-9-30(31)17-16-28(6)21(18-30)10-11-22-24-13-12-23(20(2)14-15-27(3,4)5)29(24,7)19-25(32-8)26(22)28/h20-26,31H,9-19H2,1-8H3/t20-,21+,22+,23-,24+,25-,26-,28+,29-,30+/m1/s1. The van der Waals surface area contributed by atoms with Crippen LogP contribution in [0.1, 0.15) is 119 Å². The normalized spacial score (nSPS) is 49.8. The first-order valence-electron chi connectivity index (χ1n) is 14.1. The average molecular weight is 447 g/mol. The van der Waals surface area contributed by atoms with Crippen molar-refractivity contribution < 1.29 is 9.84 Å². The van der Waals surface area contributed by atoms with Crippen molar-refractivity contribution in [1.82, 2.24) is 0 Å². The van der Waals surface area contributed by atoms with Crippen LogP contribution in [0.15, 0.2) is 0 Å². The molecule has 2 heteroatoms. The number of ether oxygens (including phenoxy) is 1. The van der Waals surface area contributed by atoms with Gasteiger partial charge in [0, 0.05) is 7.11 Å². The summed E-state index contributed by atoms with van der Waals surface area (Å²) >= 11 is 0. The van der Waals surface area contributed by atoms with Gasteiger partial charge in [0.2, 0.25) is 0 Å². The Labute approximate surface area is 199 Å². The Morgan fingerprint density at radius 1 is 1.00 bits per heavy atom. The van der Waals surface area contributed by atoms with Gasteiger partial charge >= 0.3 is 0 Å². The molecule has 4 aliphatic rings. The largest absolute Gasteiger partial charge is 0.390 e. The molecule has 186 valence electrons. The summed E-state index contributed by atoms with van der Waals surface area (Å²) in [6.07, 6.45) is 14.1. The van der Waals surface area contributed by atoms with Crippen molar-refractivity contribution in [3.05, 3.63) is 0 Å². The molecule has 4 fully saturated rings. The minimum Gasteiger partial charge on any atom is -0.390 e. The van der Waals surface area contributed by atoms with E-state index in [1.54, 1.807) is 0 Å². The van der Waals surface area contributed by atoms with Crippen LogP contribution in [0.25, 0.3) is 0 Å². The Hall–Kier alpha value is -0.0800. The van der Waals surface area contributed by atoms with Crippen LogP contribution in [0.2, 0.25) is 0 Å². The number of rotatable bonds is 5. The summed E-state index contributed by atoms with van der Waals surface area (Å²) in [6.45, 7) is 17.2. The second kappa shape index (κ2) is 8.54. The Bertz CT molecular complexity index is 666. The highest BCUT2D eigenvalue weighted by Gasteiger charge is 2.64. The first kappa shape index (κ1) is 25.0. The highest BCUT2D eigenvalue weighted by molar-refractivity contribution is 5.13. The quantitative estimate of drug-likeness (QED) is 0.465. The monoisotopic (exact) mass is 446 g/mol. The van der Waals surface area contributed by atoms with E-state index >= 15 is 0 Å². The molecule has 2 nitrogen and oxygen atoms in total. The molecule has 0 spiro atoms. The Balaban J connectivity index is 1.57. The molecule has 1 N–H and O–H groups in total. The van der Waals surface area contributed by atoms with Crippen LogP contribution in [0.4, 0.5) is 0 Å². The molecule has 4 saturated carbocycles. The topological polar surface area (TPSA) is 29.5 Å². The summed E-state index contributed by atoms with van der Waals surface area (Å²) in [4.78, 5) is 0. The highest BCUT2D eigenvalue weighted by Crippen LogP contribution is 2.69. The molecule has 0 amide bonds. The van der Waals surface area contributed by atoms with Gasteiger partial charge in [-0.05, 0) is 122 Å². The molecule has 32 heavy (non-hydrogen) atoms. The zero-order chi connectivity index (χ0) is 23.5. The van der Waals surface area contributed by atoms with Crippen LogP contribution in [0, 0.1) is 51.8 Å². The molecule has 0 aromatic carbocycles. The van der Waals surface area contributed by atoms with E-state index in [-0.39, 0.29) is 0 Å². The first-order chi connectivity index (χ1) is 14.9. The first-order valence-corrected chi connectivity index (χ1v) is 14.1. The van der Waals surface area contributed by atoms with Crippen molar-refractivity contribution >= 4 is 0 Å². The lowest BCUT2D eigenvalue weighted by Crippen LogP contribution is -2.60. The fourth-order valence-corrected chi connectivity index (χ4v) is 9.79. The number of fused-ring (bicyclic) bond motifs is 5. The van der Waals surface area contributed by atoms with Gasteiger partial charge in [0.05, 0.1) is 11.7 Å². The third-order valence-corrected chi connectivity index (χ3v) is 11.8. The predicted octanol–water partition coefficient (Wildman–Crippen LogP) is 7.87. The smallest absolute Gasteiger partial charge is 0.0648 e. The summed E-state index contributed by atoms with van der Waals surface area (Å²) < 4.78 is 6.41. The third-order valence-electron chi connectivity index (χ3n) is 11.8. The van der Waals surface area contributed by atoms with Crippen molar-refractivity contribution in [2.24, 2.45) is 51.8 Å². The second-order valence-electron chi connectivity index (χ2n) is 14.6. The molecule has 0 unspecified atom stereocenters. The third kappa shape index (κ3) is 4.12. The molecule has 0 aliphatic heterocycles. The van der Waals surface area contributed by atoms with E-state index < -0.39 is 5.60 Å². The van der Waals surface area contributed by atoms with Crippen molar-refractivity contribution in [3.63, 3.8) is 0 Å². The molecule has 0 saturated heterocycles. The maximum atomic E-state index is 11.1. The van der Waals surface area contributed by atoms with Gasteiger partial charge in [-0.2, -0.15) is 0 Å². The maximum absolute atomic E-state index is 11.1. The van der Waals surface area contributed by atoms with Gasteiger partial charge in [0.15, 0.2) is 0 Å². The van der Waals surface area contributed by atoms with Gasteiger partial charge in [0.1, 0.15) is 0 Å². The highest BCUT2D eigenvalue weighted by atomic mass is 16.5. The van der Waals surface area contributed by atoms with Crippen LogP contribution in [-0.2, 0) is 4.74 Å². The number of hydrogen-bond acceptors (Lipinski definition) is 2. The zero-order valence-electron chi connectivity index (χ0n) is 22.7. The van der Waals surface area contributed by atoms with E-state index in [2.05, 4.69) is 48.5 Å².